The Bertz CT molecular complexity index is 766. The average molecular weight is 841 g/mol. The van der Waals surface area contributed by atoms with Gasteiger partial charge in [-0.15, -0.1) is 0 Å². The second-order valence-corrected chi connectivity index (χ2v) is 13.9. The molecule has 58 heavy (non-hydrogen) atoms. The highest BCUT2D eigenvalue weighted by Crippen LogP contribution is 2.14. The van der Waals surface area contributed by atoms with Crippen LogP contribution in [0.25, 0.3) is 0 Å². The van der Waals surface area contributed by atoms with Gasteiger partial charge in [0.25, 0.3) is 0 Å². The van der Waals surface area contributed by atoms with Crippen molar-refractivity contribution in [2.75, 3.05) is 165 Å². The van der Waals surface area contributed by atoms with Gasteiger partial charge in [-0.05, 0) is 19.3 Å². The molecule has 1 unspecified atom stereocenters. The molecule has 0 bridgehead atoms. The maximum Gasteiger partial charge on any atom is 0.308 e. The van der Waals surface area contributed by atoms with Crippen LogP contribution in [0.3, 0.4) is 0 Å². The number of hydrogen-bond acceptors (Lipinski definition) is 14. The van der Waals surface area contributed by atoms with Crippen LogP contribution in [0.1, 0.15) is 111 Å². The summed E-state index contributed by atoms with van der Waals surface area (Å²) in [5.41, 5.74) is 0. The molecule has 0 aliphatic heterocycles. The summed E-state index contributed by atoms with van der Waals surface area (Å²) in [4.78, 5) is 12.0. The van der Waals surface area contributed by atoms with E-state index in [-0.39, 0.29) is 18.5 Å². The first kappa shape index (κ1) is 57.0. The molecule has 0 amide bonds. The molecule has 0 aromatic heterocycles. The second kappa shape index (κ2) is 52.1. The molecule has 1 atom stereocenters. The van der Waals surface area contributed by atoms with E-state index in [2.05, 4.69) is 13.8 Å². The smallest absolute Gasteiger partial charge is 0.308 e. The first-order chi connectivity index (χ1) is 28.8. The van der Waals surface area contributed by atoms with E-state index in [9.17, 15) is 4.79 Å². The standard InChI is InChI=1S/C44H88O14/c1-4-7-9-10-11-12-13-14-15-16-18-46-19-20-47-21-22-48-23-24-49-25-26-50-27-28-51-29-30-52-31-32-53-33-34-54-35-36-55-37-38-56-39-40-57-41-42-58-44(45)43(6-3)17-8-5-2/h43H,4-42H2,1-3H3. The number of rotatable bonds is 52. The monoisotopic (exact) mass is 841 g/mol. The molecule has 0 rings (SSSR count). The van der Waals surface area contributed by atoms with E-state index < -0.39 is 0 Å². The van der Waals surface area contributed by atoms with Gasteiger partial charge in [-0.1, -0.05) is 91.4 Å². The molecule has 0 saturated carbocycles. The molecule has 0 aliphatic carbocycles. The van der Waals surface area contributed by atoms with Gasteiger partial charge in [-0.25, -0.2) is 0 Å². The van der Waals surface area contributed by atoms with Crippen molar-refractivity contribution in [2.45, 2.75) is 111 Å². The number of ether oxygens (including phenoxy) is 13. The minimum absolute atomic E-state index is 0.00450. The molecule has 0 aromatic carbocycles. The summed E-state index contributed by atoms with van der Waals surface area (Å²) in [6.07, 6.45) is 17.2. The largest absolute Gasteiger partial charge is 0.463 e. The predicted octanol–water partition coefficient (Wildman–Crippen LogP) is 6.87. The fraction of sp³-hybridized carbons (Fsp3) is 0.977. The lowest BCUT2D eigenvalue weighted by Gasteiger charge is -2.13. The summed E-state index contributed by atoms with van der Waals surface area (Å²) in [7, 11) is 0. The van der Waals surface area contributed by atoms with E-state index in [0.29, 0.717) is 152 Å². The zero-order valence-electron chi connectivity index (χ0n) is 37.4. The molecule has 0 aliphatic rings. The molecule has 0 radical (unpaired) electrons. The van der Waals surface area contributed by atoms with Crippen molar-refractivity contribution in [1.82, 2.24) is 0 Å². The van der Waals surface area contributed by atoms with E-state index in [1.54, 1.807) is 0 Å². The molecule has 0 fully saturated rings. The van der Waals surface area contributed by atoms with Crippen LogP contribution in [0.5, 0.6) is 0 Å². The Hall–Kier alpha value is -1.01. The normalized spacial score (nSPS) is 12.1. The van der Waals surface area contributed by atoms with E-state index in [4.69, 9.17) is 61.6 Å². The topological polar surface area (TPSA) is 137 Å². The van der Waals surface area contributed by atoms with E-state index in [0.717, 1.165) is 38.7 Å². The minimum atomic E-state index is -0.119. The lowest BCUT2D eigenvalue weighted by atomic mass is 10.00. The van der Waals surface area contributed by atoms with Crippen LogP contribution in [0, 0.1) is 5.92 Å². The van der Waals surface area contributed by atoms with Gasteiger partial charge in [-0.3, -0.25) is 4.79 Å². The van der Waals surface area contributed by atoms with Gasteiger partial charge in [0.15, 0.2) is 0 Å². The summed E-state index contributed by atoms with van der Waals surface area (Å²) >= 11 is 0. The van der Waals surface area contributed by atoms with Crippen molar-refractivity contribution in [3.05, 3.63) is 0 Å². The maximum atomic E-state index is 12.0. The fourth-order valence-corrected chi connectivity index (χ4v) is 5.47. The quantitative estimate of drug-likeness (QED) is 0.0466. The Balaban J connectivity index is 3.12. The lowest BCUT2D eigenvalue weighted by Crippen LogP contribution is -2.20. The molecule has 0 heterocycles. The van der Waals surface area contributed by atoms with E-state index in [1.165, 1.54) is 57.8 Å². The van der Waals surface area contributed by atoms with Gasteiger partial charge in [0.1, 0.15) is 6.61 Å². The van der Waals surface area contributed by atoms with Gasteiger partial charge >= 0.3 is 5.97 Å². The van der Waals surface area contributed by atoms with E-state index >= 15 is 0 Å². The highest BCUT2D eigenvalue weighted by atomic mass is 16.6. The van der Waals surface area contributed by atoms with Gasteiger partial charge in [0.05, 0.1) is 158 Å². The summed E-state index contributed by atoms with van der Waals surface area (Å²) in [6, 6.07) is 0. The van der Waals surface area contributed by atoms with Gasteiger partial charge in [-0.2, -0.15) is 0 Å². The first-order valence-electron chi connectivity index (χ1n) is 22.9. The summed E-state index contributed by atoms with van der Waals surface area (Å²) in [6.45, 7) is 19.3. The molecular weight excluding hydrogens is 752 g/mol. The predicted molar refractivity (Wildman–Crippen MR) is 226 cm³/mol. The molecule has 0 aromatic rings. The molecule has 14 nitrogen and oxygen atoms in total. The van der Waals surface area contributed by atoms with E-state index in [1.807, 2.05) is 6.92 Å². The first-order valence-corrected chi connectivity index (χ1v) is 22.9. The summed E-state index contributed by atoms with van der Waals surface area (Å²) in [5.74, 6) is -0.124. The fourth-order valence-electron chi connectivity index (χ4n) is 5.47. The lowest BCUT2D eigenvalue weighted by molar-refractivity contribution is -0.150. The zero-order valence-corrected chi connectivity index (χ0v) is 37.4. The van der Waals surface area contributed by atoms with Crippen molar-refractivity contribution >= 4 is 5.97 Å². The Morgan fingerprint density at radius 2 is 0.534 bits per heavy atom. The van der Waals surface area contributed by atoms with Crippen LogP contribution < -0.4 is 0 Å². The Morgan fingerprint density at radius 3 is 0.810 bits per heavy atom. The van der Waals surface area contributed by atoms with Crippen LogP contribution in [0.4, 0.5) is 0 Å². The number of hydrogen-bond donors (Lipinski definition) is 0. The maximum absolute atomic E-state index is 12.0. The van der Waals surface area contributed by atoms with Gasteiger partial charge < -0.3 is 61.6 Å². The highest BCUT2D eigenvalue weighted by molar-refractivity contribution is 5.72. The number of carbonyl (C=O) groups excluding carboxylic acids is 1. The molecule has 0 spiro atoms. The van der Waals surface area contributed by atoms with Crippen LogP contribution in [0.2, 0.25) is 0 Å². The average Bonchev–Trinajstić information content (AvgIpc) is 3.23. The van der Waals surface area contributed by atoms with Crippen LogP contribution in [0.15, 0.2) is 0 Å². The third-order valence-electron chi connectivity index (χ3n) is 8.94. The minimum Gasteiger partial charge on any atom is -0.463 e. The molecule has 14 heteroatoms. The molecule has 0 N–H and O–H groups in total. The highest BCUT2D eigenvalue weighted by Gasteiger charge is 2.17. The van der Waals surface area contributed by atoms with Crippen molar-refractivity contribution in [3.8, 4) is 0 Å². The van der Waals surface area contributed by atoms with Crippen molar-refractivity contribution in [3.63, 3.8) is 0 Å². The van der Waals surface area contributed by atoms with Crippen LogP contribution in [-0.4, -0.2) is 171 Å². The molecular formula is C44H88O14. The third kappa shape index (κ3) is 47.7. The second-order valence-electron chi connectivity index (χ2n) is 13.9. The molecule has 0 saturated heterocycles. The van der Waals surface area contributed by atoms with Crippen LogP contribution in [-0.2, 0) is 66.4 Å². The number of carbonyl (C=O) groups is 1. The molecule has 348 valence electrons. The van der Waals surface area contributed by atoms with Gasteiger partial charge in [0.2, 0.25) is 0 Å². The van der Waals surface area contributed by atoms with Gasteiger partial charge in [0, 0.05) is 6.61 Å². The Kier molecular flexibility index (Phi) is 51.2. The number of esters is 1. The van der Waals surface area contributed by atoms with Crippen LogP contribution >= 0.6 is 0 Å². The Labute approximate surface area is 353 Å². The number of unbranched alkanes of at least 4 members (excludes halogenated alkanes) is 10. The zero-order chi connectivity index (χ0) is 41.9. The third-order valence-corrected chi connectivity index (χ3v) is 8.94. The van der Waals surface area contributed by atoms with Crippen molar-refractivity contribution in [1.29, 1.82) is 0 Å². The SMILES string of the molecule is CCCCCCCCCCCCOCCOCCOCCOCCOCCOCCOCCOCCOCCOCCOCCOCCOC(=O)C(CC)CCCC. The Morgan fingerprint density at radius 1 is 0.293 bits per heavy atom. The summed E-state index contributed by atoms with van der Waals surface area (Å²) < 4.78 is 71.6. The van der Waals surface area contributed by atoms with Crippen molar-refractivity contribution in [2.24, 2.45) is 5.92 Å². The summed E-state index contributed by atoms with van der Waals surface area (Å²) in [5, 5.41) is 0. The van der Waals surface area contributed by atoms with Crippen molar-refractivity contribution < 1.29 is 66.4 Å².